The third-order valence-corrected chi connectivity index (χ3v) is 3.51. The molecule has 0 amide bonds. The molecule has 0 N–H and O–H groups in total. The minimum absolute atomic E-state index is 0.290. The van der Waals surface area contributed by atoms with Crippen molar-refractivity contribution in [3.05, 3.63) is 29.8 Å². The van der Waals surface area contributed by atoms with Gasteiger partial charge in [0.05, 0.1) is 5.56 Å². The third-order valence-electron chi connectivity index (χ3n) is 3.51. The fourth-order valence-electron chi connectivity index (χ4n) is 2.45. The van der Waals surface area contributed by atoms with Crippen LogP contribution in [-0.4, -0.2) is 30.6 Å². The highest BCUT2D eigenvalue weighted by atomic mass is 19.4. The van der Waals surface area contributed by atoms with Gasteiger partial charge in [-0.05, 0) is 44.1 Å². The smallest absolute Gasteiger partial charge is 0.416 e. The maximum Gasteiger partial charge on any atom is 0.416 e. The summed E-state index contributed by atoms with van der Waals surface area (Å²) in [6, 6.07) is 5.39. The Hall–Kier alpha value is -1.23. The summed E-state index contributed by atoms with van der Waals surface area (Å²) in [5, 5.41) is 0. The number of nitrogens with zero attached hydrogens (tertiary/aromatic N) is 1. The van der Waals surface area contributed by atoms with Crippen molar-refractivity contribution < 1.29 is 17.9 Å². The van der Waals surface area contributed by atoms with Gasteiger partial charge in [-0.3, -0.25) is 4.90 Å². The first-order valence-electron chi connectivity index (χ1n) is 6.55. The van der Waals surface area contributed by atoms with Crippen molar-refractivity contribution in [2.24, 2.45) is 0 Å². The number of hydrogen-bond donors (Lipinski definition) is 0. The van der Waals surface area contributed by atoms with E-state index in [0.717, 1.165) is 38.1 Å². The first-order valence-corrected chi connectivity index (χ1v) is 6.55. The Morgan fingerprint density at radius 3 is 2.84 bits per heavy atom. The van der Waals surface area contributed by atoms with E-state index in [4.69, 9.17) is 4.74 Å². The zero-order valence-corrected chi connectivity index (χ0v) is 10.9. The second-order valence-corrected chi connectivity index (χ2v) is 4.76. The second kappa shape index (κ2) is 5.82. The molecule has 0 spiro atoms. The van der Waals surface area contributed by atoms with E-state index in [1.807, 2.05) is 0 Å². The van der Waals surface area contributed by atoms with Crippen LogP contribution in [0, 0.1) is 0 Å². The summed E-state index contributed by atoms with van der Waals surface area (Å²) < 4.78 is 43.2. The number of benzene rings is 1. The molecule has 1 aliphatic rings. The highest BCUT2D eigenvalue weighted by Crippen LogP contribution is 2.31. The number of likely N-dealkylation sites (N-methyl/N-ethyl adjacent to an activating group) is 1. The molecule has 1 saturated heterocycles. The van der Waals surface area contributed by atoms with Crippen molar-refractivity contribution in [2.45, 2.75) is 32.0 Å². The molecule has 1 fully saturated rings. The average molecular weight is 273 g/mol. The van der Waals surface area contributed by atoms with E-state index >= 15 is 0 Å². The maximum absolute atomic E-state index is 12.6. The summed E-state index contributed by atoms with van der Waals surface area (Å²) >= 11 is 0. The Morgan fingerprint density at radius 1 is 1.37 bits per heavy atom. The van der Waals surface area contributed by atoms with E-state index in [2.05, 4.69) is 11.8 Å². The van der Waals surface area contributed by atoms with E-state index < -0.39 is 11.7 Å². The number of alkyl halides is 3. The Balaban J connectivity index is 1.96. The van der Waals surface area contributed by atoms with Gasteiger partial charge in [-0.25, -0.2) is 0 Å². The van der Waals surface area contributed by atoms with Gasteiger partial charge in [0.1, 0.15) is 12.4 Å². The summed E-state index contributed by atoms with van der Waals surface area (Å²) in [4.78, 5) is 2.30. The van der Waals surface area contributed by atoms with Gasteiger partial charge in [0.2, 0.25) is 0 Å². The van der Waals surface area contributed by atoms with Crippen LogP contribution in [0.3, 0.4) is 0 Å². The Labute approximate surface area is 111 Å². The molecule has 2 nitrogen and oxygen atoms in total. The van der Waals surface area contributed by atoms with Crippen molar-refractivity contribution >= 4 is 0 Å². The largest absolute Gasteiger partial charge is 0.492 e. The quantitative estimate of drug-likeness (QED) is 0.831. The fourth-order valence-corrected chi connectivity index (χ4v) is 2.45. The molecule has 0 saturated carbocycles. The molecule has 106 valence electrons. The molecule has 0 radical (unpaired) electrons. The summed E-state index contributed by atoms with van der Waals surface area (Å²) in [6.07, 6.45) is -2.14. The van der Waals surface area contributed by atoms with Crippen LogP contribution in [0.15, 0.2) is 24.3 Å². The third kappa shape index (κ3) is 3.62. The molecule has 1 unspecified atom stereocenters. The summed E-state index contributed by atoms with van der Waals surface area (Å²) in [5.41, 5.74) is -0.663. The lowest BCUT2D eigenvalue weighted by Gasteiger charge is -2.22. The van der Waals surface area contributed by atoms with E-state index in [9.17, 15) is 13.2 Å². The molecule has 1 atom stereocenters. The van der Waals surface area contributed by atoms with Gasteiger partial charge in [-0.15, -0.1) is 0 Å². The van der Waals surface area contributed by atoms with Gasteiger partial charge < -0.3 is 4.74 Å². The lowest BCUT2D eigenvalue weighted by atomic mass is 10.2. The van der Waals surface area contributed by atoms with Crippen molar-refractivity contribution in [1.29, 1.82) is 0 Å². The Morgan fingerprint density at radius 2 is 2.16 bits per heavy atom. The molecule has 0 bridgehead atoms. The molecular weight excluding hydrogens is 255 g/mol. The van der Waals surface area contributed by atoms with Crippen LogP contribution in [0.4, 0.5) is 13.2 Å². The Bertz CT molecular complexity index is 419. The monoisotopic (exact) mass is 273 g/mol. The zero-order chi connectivity index (χ0) is 13.9. The van der Waals surface area contributed by atoms with Gasteiger partial charge in [0.15, 0.2) is 0 Å². The van der Waals surface area contributed by atoms with Gasteiger partial charge in [-0.2, -0.15) is 13.2 Å². The van der Waals surface area contributed by atoms with Crippen LogP contribution >= 0.6 is 0 Å². The van der Waals surface area contributed by atoms with Gasteiger partial charge in [-0.1, -0.05) is 13.0 Å². The molecular formula is C14H18F3NO. The molecule has 0 aliphatic carbocycles. The minimum atomic E-state index is -4.32. The lowest BCUT2D eigenvalue weighted by Crippen LogP contribution is -2.33. The minimum Gasteiger partial charge on any atom is -0.492 e. The Kier molecular flexibility index (Phi) is 4.34. The predicted octanol–water partition coefficient (Wildman–Crippen LogP) is 3.57. The number of rotatable bonds is 4. The summed E-state index contributed by atoms with van der Waals surface area (Å²) in [7, 11) is 0. The predicted molar refractivity (Wildman–Crippen MR) is 67.2 cm³/mol. The van der Waals surface area contributed by atoms with Crippen LogP contribution in [0.1, 0.15) is 25.3 Å². The molecule has 0 aromatic heterocycles. The van der Waals surface area contributed by atoms with E-state index in [1.54, 1.807) is 6.07 Å². The summed E-state index contributed by atoms with van der Waals surface area (Å²) in [5.74, 6) is 0.290. The number of hydrogen-bond acceptors (Lipinski definition) is 2. The average Bonchev–Trinajstić information content (AvgIpc) is 2.83. The molecule has 1 aliphatic heterocycles. The van der Waals surface area contributed by atoms with E-state index in [0.29, 0.717) is 12.6 Å². The summed E-state index contributed by atoms with van der Waals surface area (Å²) in [6.45, 7) is 4.54. The first-order chi connectivity index (χ1) is 9.00. The van der Waals surface area contributed by atoms with E-state index in [-0.39, 0.29) is 5.75 Å². The molecule has 1 heterocycles. The SMILES string of the molecule is CCN1CCCC1COc1cccc(C(F)(F)F)c1. The highest BCUT2D eigenvalue weighted by molar-refractivity contribution is 5.30. The van der Waals surface area contributed by atoms with Crippen molar-refractivity contribution in [1.82, 2.24) is 4.90 Å². The molecule has 1 aromatic carbocycles. The normalized spacial score (nSPS) is 20.7. The number of likely N-dealkylation sites (tertiary alicyclic amines) is 1. The van der Waals surface area contributed by atoms with Crippen LogP contribution < -0.4 is 4.74 Å². The maximum atomic E-state index is 12.6. The van der Waals surface area contributed by atoms with Crippen LogP contribution in [0.2, 0.25) is 0 Å². The molecule has 2 rings (SSSR count). The molecule has 5 heteroatoms. The van der Waals surface area contributed by atoms with Crippen molar-refractivity contribution in [2.75, 3.05) is 19.7 Å². The lowest BCUT2D eigenvalue weighted by molar-refractivity contribution is -0.137. The van der Waals surface area contributed by atoms with Crippen molar-refractivity contribution in [3.63, 3.8) is 0 Å². The standard InChI is InChI=1S/C14H18F3NO/c1-2-18-8-4-6-12(18)10-19-13-7-3-5-11(9-13)14(15,16)17/h3,5,7,9,12H,2,4,6,8,10H2,1H3. The van der Waals surface area contributed by atoms with Crippen LogP contribution in [-0.2, 0) is 6.18 Å². The topological polar surface area (TPSA) is 12.5 Å². The van der Waals surface area contributed by atoms with Gasteiger partial charge in [0.25, 0.3) is 0 Å². The number of ether oxygens (including phenoxy) is 1. The second-order valence-electron chi connectivity index (χ2n) is 4.76. The van der Waals surface area contributed by atoms with Gasteiger partial charge >= 0.3 is 6.18 Å². The van der Waals surface area contributed by atoms with Crippen LogP contribution in [0.5, 0.6) is 5.75 Å². The van der Waals surface area contributed by atoms with Gasteiger partial charge in [0, 0.05) is 6.04 Å². The number of halogens is 3. The molecule has 1 aromatic rings. The van der Waals surface area contributed by atoms with Crippen LogP contribution in [0.25, 0.3) is 0 Å². The van der Waals surface area contributed by atoms with E-state index in [1.165, 1.54) is 6.07 Å². The highest BCUT2D eigenvalue weighted by Gasteiger charge is 2.30. The fraction of sp³-hybridized carbons (Fsp3) is 0.571. The first kappa shape index (κ1) is 14.2. The zero-order valence-electron chi connectivity index (χ0n) is 10.9. The van der Waals surface area contributed by atoms with Crippen molar-refractivity contribution in [3.8, 4) is 5.75 Å². The molecule has 19 heavy (non-hydrogen) atoms.